The molecule has 29 heavy (non-hydrogen) atoms. The van der Waals surface area contributed by atoms with Gasteiger partial charge >= 0.3 is 0 Å². The Hall–Kier alpha value is -3.55. The number of hydrogen-bond donors (Lipinski definition) is 2. The molecular formula is C21H16ClN4O3-. The molecule has 0 atom stereocenters. The van der Waals surface area contributed by atoms with Crippen LogP contribution in [0.2, 0.25) is 5.02 Å². The molecule has 0 saturated heterocycles. The number of rotatable bonds is 4. The van der Waals surface area contributed by atoms with Gasteiger partial charge in [-0.1, -0.05) is 17.7 Å². The van der Waals surface area contributed by atoms with Gasteiger partial charge in [0.1, 0.15) is 5.52 Å². The molecule has 0 aliphatic carbocycles. The van der Waals surface area contributed by atoms with E-state index in [9.17, 15) is 15.2 Å². The van der Waals surface area contributed by atoms with Crippen molar-refractivity contribution >= 4 is 39.9 Å². The fourth-order valence-electron chi connectivity index (χ4n) is 2.97. The molecule has 0 saturated carbocycles. The fourth-order valence-corrected chi connectivity index (χ4v) is 3.16. The lowest BCUT2D eigenvalue weighted by Crippen LogP contribution is -2.11. The monoisotopic (exact) mass is 407 g/mol. The van der Waals surface area contributed by atoms with E-state index >= 15 is 0 Å². The summed E-state index contributed by atoms with van der Waals surface area (Å²) in [7, 11) is 1.39. The molecule has 146 valence electrons. The first-order valence-electron chi connectivity index (χ1n) is 8.72. The topological polar surface area (TPSA) is 93.5 Å². The molecule has 0 aliphatic rings. The molecule has 0 bridgehead atoms. The van der Waals surface area contributed by atoms with E-state index in [0.29, 0.717) is 49.4 Å². The molecule has 0 radical (unpaired) electrons. The van der Waals surface area contributed by atoms with Gasteiger partial charge in [-0.2, -0.15) is 4.73 Å². The summed E-state index contributed by atoms with van der Waals surface area (Å²) in [6.07, 6.45) is 0. The highest BCUT2D eigenvalue weighted by Crippen LogP contribution is 2.27. The van der Waals surface area contributed by atoms with Crippen LogP contribution in [-0.4, -0.2) is 27.9 Å². The Morgan fingerprint density at radius 1 is 1.14 bits per heavy atom. The van der Waals surface area contributed by atoms with Gasteiger partial charge in [-0.3, -0.25) is 4.79 Å². The molecule has 1 heterocycles. The van der Waals surface area contributed by atoms with Gasteiger partial charge in [0.25, 0.3) is 5.91 Å². The number of benzene rings is 3. The summed E-state index contributed by atoms with van der Waals surface area (Å²) >= 11 is 5.92. The van der Waals surface area contributed by atoms with E-state index in [2.05, 4.69) is 10.3 Å². The summed E-state index contributed by atoms with van der Waals surface area (Å²) in [5.74, 6) is 0.0577. The molecule has 2 N–H and O–H groups in total. The van der Waals surface area contributed by atoms with E-state index in [4.69, 9.17) is 11.6 Å². The Kier molecular flexibility index (Phi) is 4.84. The van der Waals surface area contributed by atoms with Crippen molar-refractivity contribution in [1.82, 2.24) is 9.71 Å². The van der Waals surface area contributed by atoms with Gasteiger partial charge in [-0.15, -0.1) is 0 Å². The minimum absolute atomic E-state index is 0.274. The minimum Gasteiger partial charge on any atom is -0.758 e. The molecule has 4 aromatic rings. The lowest BCUT2D eigenvalue weighted by atomic mass is 10.1. The van der Waals surface area contributed by atoms with E-state index in [1.807, 2.05) is 0 Å². The summed E-state index contributed by atoms with van der Waals surface area (Å²) in [6.45, 7) is 0. The van der Waals surface area contributed by atoms with Crippen LogP contribution in [0.3, 0.4) is 0 Å². The number of hydrogen-bond acceptors (Lipinski definition) is 5. The molecule has 1 aromatic heterocycles. The molecule has 7 nitrogen and oxygen atoms in total. The van der Waals surface area contributed by atoms with E-state index in [-0.39, 0.29) is 5.91 Å². The van der Waals surface area contributed by atoms with Crippen molar-refractivity contribution in [2.24, 2.45) is 0 Å². The van der Waals surface area contributed by atoms with Crippen LogP contribution >= 0.6 is 11.6 Å². The Morgan fingerprint density at radius 2 is 1.90 bits per heavy atom. The number of halogens is 1. The molecule has 3 aromatic carbocycles. The van der Waals surface area contributed by atoms with Crippen molar-refractivity contribution < 1.29 is 10.0 Å². The number of imidazole rings is 1. The minimum atomic E-state index is -0.274. The first kappa shape index (κ1) is 18.8. The number of carbonyl (C=O) groups is 1. The van der Waals surface area contributed by atoms with Crippen LogP contribution < -0.4 is 10.4 Å². The number of nitrogens with one attached hydrogen (secondary N) is 1. The van der Waals surface area contributed by atoms with E-state index in [1.165, 1.54) is 7.05 Å². The zero-order valence-corrected chi connectivity index (χ0v) is 16.1. The highest BCUT2D eigenvalue weighted by atomic mass is 35.5. The number of amides is 1. The number of carbonyl (C=O) groups excluding carboxylic acids is 1. The summed E-state index contributed by atoms with van der Waals surface area (Å²) in [5.41, 5.74) is 3.11. The fraction of sp³-hybridized carbons (Fsp3) is 0.0476. The smallest absolute Gasteiger partial charge is 0.255 e. The summed E-state index contributed by atoms with van der Waals surface area (Å²) < 4.78 is 0.946. The molecule has 1 amide bonds. The Bertz CT molecular complexity index is 1200. The average Bonchev–Trinajstić information content (AvgIpc) is 3.04. The van der Waals surface area contributed by atoms with Crippen LogP contribution in [0.5, 0.6) is 0 Å². The number of nitrogens with zero attached hydrogens (tertiary/aromatic N) is 3. The highest BCUT2D eigenvalue weighted by Gasteiger charge is 2.13. The number of anilines is 2. The normalized spacial score (nSPS) is 10.9. The molecule has 4 rings (SSSR count). The molecule has 0 unspecified atom stereocenters. The number of fused-ring (bicyclic) bond motifs is 1. The van der Waals surface area contributed by atoms with Crippen LogP contribution in [0, 0.1) is 5.21 Å². The van der Waals surface area contributed by atoms with Crippen molar-refractivity contribution in [2.75, 3.05) is 17.4 Å². The van der Waals surface area contributed by atoms with E-state index in [0.717, 1.165) is 4.73 Å². The van der Waals surface area contributed by atoms with Gasteiger partial charge in [0.2, 0.25) is 0 Å². The van der Waals surface area contributed by atoms with Gasteiger partial charge < -0.3 is 20.8 Å². The average molecular weight is 408 g/mol. The van der Waals surface area contributed by atoms with Gasteiger partial charge in [0.15, 0.2) is 5.82 Å². The predicted octanol–water partition coefficient (Wildman–Crippen LogP) is 4.78. The van der Waals surface area contributed by atoms with Crippen molar-refractivity contribution in [2.45, 2.75) is 0 Å². The highest BCUT2D eigenvalue weighted by molar-refractivity contribution is 6.31. The summed E-state index contributed by atoms with van der Waals surface area (Å²) in [4.78, 5) is 16.7. The van der Waals surface area contributed by atoms with Gasteiger partial charge in [-0.05, 0) is 67.7 Å². The number of hydroxylamine groups is 1. The van der Waals surface area contributed by atoms with Crippen LogP contribution in [-0.2, 0) is 0 Å². The van der Waals surface area contributed by atoms with E-state index < -0.39 is 0 Å². The van der Waals surface area contributed by atoms with Gasteiger partial charge in [0.05, 0.1) is 5.52 Å². The Morgan fingerprint density at radius 3 is 2.59 bits per heavy atom. The lowest BCUT2D eigenvalue weighted by Gasteiger charge is -2.24. The standard InChI is InChI=1S/C21H16ClN4O3/c1-25(28)17-9-10-18-19(12-17)26(29)20(24-18)13-5-7-16(8-6-13)23-21(27)14-3-2-4-15(22)11-14/h2-12,29H,1H3,(H,23,27)/q-1. The molecule has 0 aliphatic heterocycles. The summed E-state index contributed by atoms with van der Waals surface area (Å²) in [6, 6.07) is 18.5. The van der Waals surface area contributed by atoms with Crippen LogP contribution in [0.4, 0.5) is 11.4 Å². The molecular weight excluding hydrogens is 392 g/mol. The third-order valence-corrected chi connectivity index (χ3v) is 4.70. The number of aromatic nitrogens is 2. The maximum atomic E-state index is 12.3. The van der Waals surface area contributed by atoms with Crippen LogP contribution in [0.15, 0.2) is 66.7 Å². The zero-order valence-electron chi connectivity index (χ0n) is 15.3. The SMILES string of the molecule is CN([O-])c1ccc2nc(-c3ccc(NC(=O)c4cccc(Cl)c4)cc3)n(O)c2c1. The Labute approximate surface area is 171 Å². The second-order valence-corrected chi connectivity index (χ2v) is 6.90. The van der Waals surface area contributed by atoms with Crippen molar-refractivity contribution in [3.63, 3.8) is 0 Å². The first-order valence-corrected chi connectivity index (χ1v) is 9.10. The lowest BCUT2D eigenvalue weighted by molar-refractivity contribution is 0.102. The molecule has 0 spiro atoms. The molecule has 0 fully saturated rings. The zero-order chi connectivity index (χ0) is 20.5. The van der Waals surface area contributed by atoms with Crippen molar-refractivity contribution in [3.8, 4) is 11.4 Å². The van der Waals surface area contributed by atoms with E-state index in [1.54, 1.807) is 66.7 Å². The van der Waals surface area contributed by atoms with Gasteiger partial charge in [0, 0.05) is 27.5 Å². The first-order chi connectivity index (χ1) is 13.9. The third-order valence-electron chi connectivity index (χ3n) is 4.47. The predicted molar refractivity (Wildman–Crippen MR) is 114 cm³/mol. The maximum absolute atomic E-state index is 12.3. The van der Waals surface area contributed by atoms with Gasteiger partial charge in [-0.25, -0.2) is 4.98 Å². The van der Waals surface area contributed by atoms with Crippen molar-refractivity contribution in [3.05, 3.63) is 82.5 Å². The molecule has 8 heteroatoms. The second-order valence-electron chi connectivity index (χ2n) is 6.46. The summed E-state index contributed by atoms with van der Waals surface area (Å²) in [5, 5.41) is 26.0. The maximum Gasteiger partial charge on any atom is 0.255 e. The Balaban J connectivity index is 1.59. The van der Waals surface area contributed by atoms with Crippen LogP contribution in [0.25, 0.3) is 22.4 Å². The quantitative estimate of drug-likeness (QED) is 0.375. The third kappa shape index (κ3) is 3.73. The largest absolute Gasteiger partial charge is 0.758 e. The van der Waals surface area contributed by atoms with Crippen molar-refractivity contribution in [1.29, 1.82) is 0 Å². The second kappa shape index (κ2) is 7.46. The van der Waals surface area contributed by atoms with Crippen LogP contribution in [0.1, 0.15) is 10.4 Å².